The molecule has 1 aliphatic heterocycles. The fraction of sp³-hybridized carbons (Fsp3) is 0.833. The van der Waals surface area contributed by atoms with Crippen LogP contribution in [-0.4, -0.2) is 44.1 Å². The monoisotopic (exact) mass is 241 g/mol. The number of aliphatic imine (C=N–C) groups is 2. The molecule has 0 aromatic heterocycles. The van der Waals surface area contributed by atoms with Gasteiger partial charge in [0.25, 0.3) is 0 Å². The van der Waals surface area contributed by atoms with Crippen LogP contribution in [0.1, 0.15) is 27.2 Å². The first kappa shape index (κ1) is 14.0. The maximum atomic E-state index is 5.62. The summed E-state index contributed by atoms with van der Waals surface area (Å²) in [4.78, 5) is 9.24. The number of hydrogen-bond donors (Lipinski definition) is 1. The fourth-order valence-electron chi connectivity index (χ4n) is 1.99. The number of nitrogens with zero attached hydrogens (tertiary/aromatic N) is 2. The summed E-state index contributed by atoms with van der Waals surface area (Å²) in [6.07, 6.45) is 0.692. The molecule has 0 saturated heterocycles. The third kappa shape index (κ3) is 2.77. The van der Waals surface area contributed by atoms with E-state index in [9.17, 15) is 0 Å². The van der Waals surface area contributed by atoms with Crippen molar-refractivity contribution in [1.82, 2.24) is 0 Å². The molecule has 1 heterocycles. The predicted octanol–water partition coefficient (Wildman–Crippen LogP) is 1.22. The zero-order valence-corrected chi connectivity index (χ0v) is 11.4. The average Bonchev–Trinajstić information content (AvgIpc) is 2.28. The zero-order chi connectivity index (χ0) is 13.1. The van der Waals surface area contributed by atoms with Gasteiger partial charge in [0.1, 0.15) is 11.6 Å². The smallest absolute Gasteiger partial charge is 0.212 e. The Labute approximate surface area is 103 Å². The molecular weight excluding hydrogens is 218 g/mol. The van der Waals surface area contributed by atoms with E-state index in [1.54, 1.807) is 14.2 Å². The molecule has 0 bridgehead atoms. The lowest BCUT2D eigenvalue weighted by Gasteiger charge is -2.33. The van der Waals surface area contributed by atoms with Crippen LogP contribution in [0.4, 0.5) is 0 Å². The van der Waals surface area contributed by atoms with Crippen molar-refractivity contribution in [3.63, 3.8) is 0 Å². The van der Waals surface area contributed by atoms with Gasteiger partial charge in [-0.3, -0.25) is 0 Å². The Morgan fingerprint density at radius 1 is 1.35 bits per heavy atom. The van der Waals surface area contributed by atoms with Crippen molar-refractivity contribution in [1.29, 1.82) is 0 Å². The highest BCUT2D eigenvalue weighted by Gasteiger charge is 2.39. The van der Waals surface area contributed by atoms with E-state index in [0.29, 0.717) is 30.7 Å². The summed E-state index contributed by atoms with van der Waals surface area (Å²) < 4.78 is 10.7. The standard InChI is InChI=1S/C12H23N3O2/c1-8(2)9-10(16-4)15-12(3,6-7-13)11(14-9)17-5/h8-9H,6-7,13H2,1-5H3/t9?,12-/m0/s1. The number of hydrogen-bond acceptors (Lipinski definition) is 5. The van der Waals surface area contributed by atoms with Crippen molar-refractivity contribution < 1.29 is 9.47 Å². The second kappa shape index (κ2) is 5.49. The van der Waals surface area contributed by atoms with Crippen LogP contribution < -0.4 is 5.73 Å². The summed E-state index contributed by atoms with van der Waals surface area (Å²) in [5.74, 6) is 1.63. The van der Waals surface area contributed by atoms with Crippen molar-refractivity contribution in [3.8, 4) is 0 Å². The molecule has 0 aromatic carbocycles. The van der Waals surface area contributed by atoms with E-state index >= 15 is 0 Å². The molecule has 2 atom stereocenters. The second-order valence-electron chi connectivity index (χ2n) is 4.79. The summed E-state index contributed by atoms with van der Waals surface area (Å²) in [5.41, 5.74) is 5.12. The Balaban J connectivity index is 3.10. The van der Waals surface area contributed by atoms with Gasteiger partial charge in [-0.05, 0) is 25.8 Å². The Bertz CT molecular complexity index is 326. The summed E-state index contributed by atoms with van der Waals surface area (Å²) in [6.45, 7) is 6.67. The molecule has 98 valence electrons. The van der Waals surface area contributed by atoms with Crippen LogP contribution in [0.2, 0.25) is 0 Å². The summed E-state index contributed by atoms with van der Waals surface area (Å²) in [6, 6.07) is -0.0687. The first-order valence-corrected chi connectivity index (χ1v) is 5.94. The molecule has 0 saturated carbocycles. The number of rotatable bonds is 3. The highest BCUT2D eigenvalue weighted by Crippen LogP contribution is 2.26. The van der Waals surface area contributed by atoms with Gasteiger partial charge < -0.3 is 15.2 Å². The van der Waals surface area contributed by atoms with Gasteiger partial charge in [-0.1, -0.05) is 13.8 Å². The SMILES string of the molecule is COC1=N[C@@](C)(CCN)C(OC)=NC1C(C)C. The van der Waals surface area contributed by atoms with Gasteiger partial charge in [-0.2, -0.15) is 0 Å². The fourth-order valence-corrected chi connectivity index (χ4v) is 1.99. The van der Waals surface area contributed by atoms with Crippen molar-refractivity contribution >= 4 is 11.8 Å². The molecule has 1 aliphatic rings. The van der Waals surface area contributed by atoms with Crippen molar-refractivity contribution in [2.24, 2.45) is 21.6 Å². The third-order valence-electron chi connectivity index (χ3n) is 2.99. The summed E-state index contributed by atoms with van der Waals surface area (Å²) in [7, 11) is 3.25. The van der Waals surface area contributed by atoms with Crippen LogP contribution in [0.3, 0.4) is 0 Å². The van der Waals surface area contributed by atoms with Crippen molar-refractivity contribution in [2.75, 3.05) is 20.8 Å². The van der Waals surface area contributed by atoms with Crippen LogP contribution in [0.25, 0.3) is 0 Å². The first-order chi connectivity index (χ1) is 7.98. The maximum absolute atomic E-state index is 5.62. The summed E-state index contributed by atoms with van der Waals surface area (Å²) in [5, 5.41) is 0. The van der Waals surface area contributed by atoms with Crippen LogP contribution in [0.5, 0.6) is 0 Å². The maximum Gasteiger partial charge on any atom is 0.212 e. The van der Waals surface area contributed by atoms with Crippen molar-refractivity contribution in [3.05, 3.63) is 0 Å². The molecule has 0 radical (unpaired) electrons. The largest absolute Gasteiger partial charge is 0.483 e. The van der Waals surface area contributed by atoms with Crippen molar-refractivity contribution in [2.45, 2.75) is 38.8 Å². The minimum absolute atomic E-state index is 0.0687. The van der Waals surface area contributed by atoms with Gasteiger partial charge in [-0.25, -0.2) is 9.98 Å². The highest BCUT2D eigenvalue weighted by molar-refractivity contribution is 5.96. The Morgan fingerprint density at radius 3 is 2.41 bits per heavy atom. The molecule has 0 spiro atoms. The lowest BCUT2D eigenvalue weighted by atomic mass is 9.94. The molecule has 5 nitrogen and oxygen atoms in total. The van der Waals surface area contributed by atoms with Crippen LogP contribution >= 0.6 is 0 Å². The molecule has 0 aromatic rings. The predicted molar refractivity (Wildman–Crippen MR) is 69.6 cm³/mol. The Kier molecular flexibility index (Phi) is 4.51. The van der Waals surface area contributed by atoms with Gasteiger partial charge in [-0.15, -0.1) is 0 Å². The van der Waals surface area contributed by atoms with Gasteiger partial charge in [0.2, 0.25) is 11.8 Å². The van der Waals surface area contributed by atoms with E-state index in [2.05, 4.69) is 23.8 Å². The van der Waals surface area contributed by atoms with E-state index in [1.807, 2.05) is 6.92 Å². The van der Waals surface area contributed by atoms with Gasteiger partial charge in [0.15, 0.2) is 0 Å². The third-order valence-corrected chi connectivity index (χ3v) is 2.99. The van der Waals surface area contributed by atoms with E-state index in [1.165, 1.54) is 0 Å². The topological polar surface area (TPSA) is 69.2 Å². The number of nitrogens with two attached hydrogens (primary N) is 1. The van der Waals surface area contributed by atoms with E-state index in [0.717, 1.165) is 0 Å². The minimum atomic E-state index is -0.500. The summed E-state index contributed by atoms with van der Waals surface area (Å²) >= 11 is 0. The highest BCUT2D eigenvalue weighted by atomic mass is 16.5. The van der Waals surface area contributed by atoms with Gasteiger partial charge >= 0.3 is 0 Å². The zero-order valence-electron chi connectivity index (χ0n) is 11.4. The Morgan fingerprint density at radius 2 is 2.00 bits per heavy atom. The average molecular weight is 241 g/mol. The normalized spacial score (nSPS) is 28.8. The van der Waals surface area contributed by atoms with Crippen LogP contribution in [0.15, 0.2) is 9.98 Å². The van der Waals surface area contributed by atoms with Crippen LogP contribution in [0, 0.1) is 5.92 Å². The molecule has 0 fully saturated rings. The number of ether oxygens (including phenoxy) is 2. The molecule has 1 rings (SSSR count). The van der Waals surface area contributed by atoms with Crippen LogP contribution in [-0.2, 0) is 9.47 Å². The molecule has 1 unspecified atom stereocenters. The number of methoxy groups -OCH3 is 2. The Hall–Kier alpha value is -1.10. The molecule has 2 N–H and O–H groups in total. The van der Waals surface area contributed by atoms with Gasteiger partial charge in [0.05, 0.1) is 14.2 Å². The molecular formula is C12H23N3O2. The minimum Gasteiger partial charge on any atom is -0.483 e. The van der Waals surface area contributed by atoms with Gasteiger partial charge in [0, 0.05) is 0 Å². The quantitative estimate of drug-likeness (QED) is 0.807. The van der Waals surface area contributed by atoms with E-state index in [4.69, 9.17) is 15.2 Å². The molecule has 5 heteroatoms. The molecule has 17 heavy (non-hydrogen) atoms. The first-order valence-electron chi connectivity index (χ1n) is 5.94. The molecule has 0 amide bonds. The lowest BCUT2D eigenvalue weighted by molar-refractivity contribution is 0.306. The molecule has 0 aliphatic carbocycles. The van der Waals surface area contributed by atoms with E-state index < -0.39 is 5.54 Å². The second-order valence-corrected chi connectivity index (χ2v) is 4.79. The lowest BCUT2D eigenvalue weighted by Crippen LogP contribution is -2.45. The van der Waals surface area contributed by atoms with E-state index in [-0.39, 0.29) is 6.04 Å².